The maximum absolute atomic E-state index is 9.89. The van der Waals surface area contributed by atoms with Crippen molar-refractivity contribution in [1.29, 1.82) is 5.26 Å². The fourth-order valence-electron chi connectivity index (χ4n) is 3.56. The number of nitriles is 1. The summed E-state index contributed by atoms with van der Waals surface area (Å²) in [6, 6.07) is 7.89. The third kappa shape index (κ3) is 3.67. The predicted molar refractivity (Wildman–Crippen MR) is 106 cm³/mol. The van der Waals surface area contributed by atoms with Gasteiger partial charge in [0.1, 0.15) is 5.82 Å². The zero-order valence-corrected chi connectivity index (χ0v) is 15.8. The molecule has 28 heavy (non-hydrogen) atoms. The first-order chi connectivity index (χ1) is 13.5. The molecular formula is C19H22BN5O3. The molecule has 3 atom stereocenters. The van der Waals surface area contributed by atoms with Crippen LogP contribution in [0.15, 0.2) is 24.4 Å². The average molecular weight is 379 g/mol. The molecule has 0 aliphatic carbocycles. The predicted octanol–water partition coefficient (Wildman–Crippen LogP) is 1.65. The SMILES string of the molecule is Cc1cnc(Nc2ccc3c(c2)C(C)OB3O)nc1N[C@H]1COCCC1C#N. The number of hydrogen-bond acceptors (Lipinski definition) is 8. The highest BCUT2D eigenvalue weighted by molar-refractivity contribution is 6.61. The maximum atomic E-state index is 9.89. The van der Waals surface area contributed by atoms with E-state index < -0.39 is 7.12 Å². The summed E-state index contributed by atoms with van der Waals surface area (Å²) in [6.45, 7) is 4.92. The third-order valence-electron chi connectivity index (χ3n) is 5.20. The van der Waals surface area contributed by atoms with Crippen molar-refractivity contribution >= 4 is 30.0 Å². The summed E-state index contributed by atoms with van der Waals surface area (Å²) < 4.78 is 10.9. The third-order valence-corrected chi connectivity index (χ3v) is 5.20. The Labute approximate surface area is 164 Å². The van der Waals surface area contributed by atoms with Gasteiger partial charge in [-0.1, -0.05) is 6.07 Å². The second-order valence-corrected chi connectivity index (χ2v) is 7.17. The summed E-state index contributed by atoms with van der Waals surface area (Å²) in [4.78, 5) is 8.93. The van der Waals surface area contributed by atoms with E-state index in [-0.39, 0.29) is 18.1 Å². The van der Waals surface area contributed by atoms with Crippen molar-refractivity contribution in [3.8, 4) is 6.07 Å². The number of anilines is 3. The van der Waals surface area contributed by atoms with E-state index in [1.54, 1.807) is 6.20 Å². The quantitative estimate of drug-likeness (QED) is 0.688. The van der Waals surface area contributed by atoms with Gasteiger partial charge in [0.15, 0.2) is 0 Å². The smallest absolute Gasteiger partial charge is 0.423 e. The average Bonchev–Trinajstić information content (AvgIpc) is 2.98. The molecule has 0 amide bonds. The molecule has 1 aromatic carbocycles. The molecule has 2 unspecified atom stereocenters. The number of nitrogens with one attached hydrogen (secondary N) is 2. The van der Waals surface area contributed by atoms with Gasteiger partial charge in [-0.15, -0.1) is 0 Å². The lowest BCUT2D eigenvalue weighted by Gasteiger charge is -2.28. The molecule has 2 aromatic rings. The number of aryl methyl sites for hydroxylation is 1. The minimum Gasteiger partial charge on any atom is -0.423 e. The van der Waals surface area contributed by atoms with E-state index in [0.717, 1.165) is 22.3 Å². The highest BCUT2D eigenvalue weighted by Crippen LogP contribution is 2.27. The van der Waals surface area contributed by atoms with Crippen molar-refractivity contribution in [2.75, 3.05) is 23.8 Å². The molecule has 0 radical (unpaired) electrons. The van der Waals surface area contributed by atoms with Crippen LogP contribution in [0.1, 0.15) is 30.6 Å². The van der Waals surface area contributed by atoms with E-state index in [1.807, 2.05) is 32.0 Å². The highest BCUT2D eigenvalue weighted by atomic mass is 16.5. The van der Waals surface area contributed by atoms with Crippen LogP contribution in [0.3, 0.4) is 0 Å². The van der Waals surface area contributed by atoms with Gasteiger partial charge >= 0.3 is 7.12 Å². The van der Waals surface area contributed by atoms with Crippen LogP contribution in [0.5, 0.6) is 0 Å². The van der Waals surface area contributed by atoms with E-state index in [2.05, 4.69) is 26.7 Å². The number of nitrogens with zero attached hydrogens (tertiary/aromatic N) is 3. The van der Waals surface area contributed by atoms with Crippen LogP contribution in [-0.2, 0) is 9.39 Å². The summed E-state index contributed by atoms with van der Waals surface area (Å²) in [7, 11) is -0.878. The molecule has 8 nitrogen and oxygen atoms in total. The van der Waals surface area contributed by atoms with Gasteiger partial charge in [0.25, 0.3) is 0 Å². The van der Waals surface area contributed by atoms with Crippen molar-refractivity contribution in [3.05, 3.63) is 35.5 Å². The molecule has 1 fully saturated rings. The van der Waals surface area contributed by atoms with Crippen molar-refractivity contribution in [2.24, 2.45) is 5.92 Å². The van der Waals surface area contributed by atoms with E-state index >= 15 is 0 Å². The van der Waals surface area contributed by atoms with Gasteiger partial charge in [0.2, 0.25) is 5.95 Å². The van der Waals surface area contributed by atoms with E-state index in [9.17, 15) is 10.3 Å². The van der Waals surface area contributed by atoms with Crippen molar-refractivity contribution in [1.82, 2.24) is 9.97 Å². The fourth-order valence-corrected chi connectivity index (χ4v) is 3.56. The minimum absolute atomic E-state index is 0.0975. The van der Waals surface area contributed by atoms with E-state index in [0.29, 0.717) is 31.4 Å². The molecule has 3 N–H and O–H groups in total. The summed E-state index contributed by atoms with van der Waals surface area (Å²) in [5, 5.41) is 25.8. The second kappa shape index (κ2) is 7.76. The molecule has 0 saturated carbocycles. The maximum Gasteiger partial charge on any atom is 0.491 e. The summed E-state index contributed by atoms with van der Waals surface area (Å²) in [6.07, 6.45) is 2.29. The molecule has 144 valence electrons. The van der Waals surface area contributed by atoms with Gasteiger partial charge in [-0.3, -0.25) is 0 Å². The molecule has 0 spiro atoms. The zero-order valence-electron chi connectivity index (χ0n) is 15.8. The molecule has 1 aromatic heterocycles. The van der Waals surface area contributed by atoms with E-state index in [4.69, 9.17) is 9.39 Å². The topological polar surface area (TPSA) is 112 Å². The molecular weight excluding hydrogens is 357 g/mol. The zero-order chi connectivity index (χ0) is 19.7. The lowest BCUT2D eigenvalue weighted by molar-refractivity contribution is 0.0698. The van der Waals surface area contributed by atoms with Crippen LogP contribution >= 0.6 is 0 Å². The minimum atomic E-state index is -0.878. The lowest BCUT2D eigenvalue weighted by Crippen LogP contribution is -2.38. The molecule has 1 saturated heterocycles. The normalized spacial score (nSPS) is 23.8. The van der Waals surface area contributed by atoms with Crippen molar-refractivity contribution < 1.29 is 14.4 Å². The van der Waals surface area contributed by atoms with Crippen LogP contribution in [-0.4, -0.2) is 41.4 Å². The Hall–Kier alpha value is -2.67. The fraction of sp³-hybridized carbons (Fsp3) is 0.421. The number of ether oxygens (including phenoxy) is 1. The van der Waals surface area contributed by atoms with Gasteiger partial charge in [-0.25, -0.2) is 4.98 Å². The van der Waals surface area contributed by atoms with E-state index in [1.165, 1.54) is 0 Å². The standard InChI is InChI=1S/C19H22BN5O3/c1-11-9-22-19(25-18(11)24-17-10-27-6-5-13(17)8-21)23-14-3-4-16-15(7-14)12(2)28-20(16)26/h3-4,7,9,12-13,17,26H,5-6,10H2,1-2H3,(H2,22,23,24,25)/t12?,13?,17-/m0/s1. The Kier molecular flexibility index (Phi) is 5.18. The van der Waals surface area contributed by atoms with Crippen LogP contribution in [0.2, 0.25) is 0 Å². The lowest BCUT2D eigenvalue weighted by atomic mass is 9.79. The van der Waals surface area contributed by atoms with Gasteiger partial charge in [0, 0.05) is 24.1 Å². The summed E-state index contributed by atoms with van der Waals surface area (Å²) in [5.41, 5.74) is 3.44. The van der Waals surface area contributed by atoms with Crippen LogP contribution in [0.4, 0.5) is 17.5 Å². The van der Waals surface area contributed by atoms with Crippen molar-refractivity contribution in [2.45, 2.75) is 32.4 Å². The number of benzene rings is 1. The Balaban J connectivity index is 1.53. The van der Waals surface area contributed by atoms with Gasteiger partial charge < -0.3 is 25.0 Å². The first kappa shape index (κ1) is 18.7. The first-order valence-corrected chi connectivity index (χ1v) is 9.37. The van der Waals surface area contributed by atoms with Gasteiger partial charge in [0.05, 0.1) is 30.7 Å². The molecule has 9 heteroatoms. The van der Waals surface area contributed by atoms with Gasteiger partial charge in [-0.2, -0.15) is 10.2 Å². The monoisotopic (exact) mass is 379 g/mol. The van der Waals surface area contributed by atoms with Crippen LogP contribution in [0, 0.1) is 24.2 Å². The van der Waals surface area contributed by atoms with Gasteiger partial charge in [-0.05, 0) is 43.4 Å². The number of hydrogen-bond donors (Lipinski definition) is 3. The largest absolute Gasteiger partial charge is 0.491 e. The second-order valence-electron chi connectivity index (χ2n) is 7.17. The van der Waals surface area contributed by atoms with Crippen LogP contribution in [0.25, 0.3) is 0 Å². The number of aromatic nitrogens is 2. The Morgan fingerprint density at radius 1 is 1.39 bits per heavy atom. The first-order valence-electron chi connectivity index (χ1n) is 9.37. The summed E-state index contributed by atoms with van der Waals surface area (Å²) >= 11 is 0. The van der Waals surface area contributed by atoms with Crippen molar-refractivity contribution in [3.63, 3.8) is 0 Å². The Morgan fingerprint density at radius 2 is 2.25 bits per heavy atom. The number of fused-ring (bicyclic) bond motifs is 1. The highest BCUT2D eigenvalue weighted by Gasteiger charge is 2.32. The molecule has 3 heterocycles. The number of rotatable bonds is 4. The molecule has 2 aliphatic heterocycles. The molecule has 2 aliphatic rings. The molecule has 0 bridgehead atoms. The van der Waals surface area contributed by atoms with Crippen LogP contribution < -0.4 is 16.1 Å². The Morgan fingerprint density at radius 3 is 3.07 bits per heavy atom. The summed E-state index contributed by atoms with van der Waals surface area (Å²) in [5.74, 6) is 1.02. The molecule has 4 rings (SSSR count). The Bertz CT molecular complexity index is 919.